The van der Waals surface area contributed by atoms with E-state index in [1.54, 1.807) is 0 Å². The quantitative estimate of drug-likeness (QED) is 0.0757. The molecule has 0 bridgehead atoms. The Kier molecular flexibility index (Phi) is 72.8. The highest BCUT2D eigenvalue weighted by molar-refractivity contribution is 4.99. The number of hydrogen-bond acceptors (Lipinski definition) is 0. The van der Waals surface area contributed by atoms with Gasteiger partial charge < -0.3 is 0 Å². The summed E-state index contributed by atoms with van der Waals surface area (Å²) in [6.45, 7) is 124. The van der Waals surface area contributed by atoms with Crippen LogP contribution in [0.4, 0.5) is 0 Å². The average molecular weight is 2080 g/mol. The van der Waals surface area contributed by atoms with Crippen molar-refractivity contribution >= 4 is 0 Å². The molecule has 0 aliphatic heterocycles. The van der Waals surface area contributed by atoms with Gasteiger partial charge in [0.05, 0.1) is 0 Å². The van der Waals surface area contributed by atoms with Crippen LogP contribution in [-0.2, 0) is 0 Å². The molecule has 0 heterocycles. The molecule has 12 unspecified atom stereocenters. The van der Waals surface area contributed by atoms with E-state index in [0.717, 1.165) is 248 Å². The Morgan fingerprint density at radius 1 is 0.101 bits per heavy atom. The molecule has 0 saturated heterocycles. The second-order valence-corrected chi connectivity index (χ2v) is 63.6. The fraction of sp³-hybridized carbons (Fsp3) is 1.00. The van der Waals surface area contributed by atoms with E-state index in [1.165, 1.54) is 321 Å². The van der Waals surface area contributed by atoms with Gasteiger partial charge in [0.2, 0.25) is 0 Å². The van der Waals surface area contributed by atoms with Crippen molar-refractivity contribution in [2.45, 2.75) is 681 Å². The van der Waals surface area contributed by atoms with Gasteiger partial charge in [-0.2, -0.15) is 0 Å². The Hall–Kier alpha value is 0. The van der Waals surface area contributed by atoms with Crippen LogP contribution < -0.4 is 0 Å². The molecule has 0 N–H and O–H groups in total. The van der Waals surface area contributed by atoms with Gasteiger partial charge in [-0.25, -0.2) is 0 Å². The van der Waals surface area contributed by atoms with Crippen molar-refractivity contribution in [1.82, 2.24) is 0 Å². The standard InChI is InChI=1S/2C14H28.2C13H26.2C12H24.2C11H22.3C10H20.2C9H18/c1-12(2)14(13(3)4)10-8-6-5-7-9-11-14;1-11(2)13-9-7-5-6-8-10-14(13)12(3)4;1-11(2)13(12(3)4)9-7-5-6-8-10-13;1-10(2)12-8-6-5-7-9-13(12)11(3)4;1-10(2)12(11(3)4)8-6-5-7-9-12;1-9(2)11-7-5-6-8-12(11)10(3)4;1-9(2)11(10(3)4)7-5-6-8-11;1-8(2)10-6-5-7-11(10)9(3)4;1-7(2)9-5-10(6-9)8(3)4;1-8(2)10(9(3)4)6-5-7-10;1-7(2)9-5-6-10(9)8(3)4;1-7(2)9(5-6-9)8(3)4;1-6(2)8-5-9(8)7(3)4/h12-13H,5-11H2,1-4H3;11-14H,5-10H2,1-4H3;11-12H,5-10H2,1-4H3;10-13H,5-9H2,1-4H3;10-11H,5-9H2,1-4H3;9-12H,5-8H2,1-4H3;9-10H,5-8H2,1-4H3;8-11H,5-7H2,1-4H3;7-10H,5-6H2,1-4H3;8-9H,5-7H2,1-4H3;7-10H,5-6H2,1-4H3;7-8H,5-6H2,1-4H3;6-9H,5H2,1-4H3. The maximum absolute atomic E-state index is 2.43. The van der Waals surface area contributed by atoms with Crippen molar-refractivity contribution in [1.29, 1.82) is 0 Å². The van der Waals surface area contributed by atoms with Crippen LogP contribution >= 0.6 is 0 Å². The molecule has 12 atom stereocenters. The molecule has 13 aliphatic rings. The molecule has 13 aliphatic carbocycles. The molecule has 148 heavy (non-hydrogen) atoms. The molecule has 0 nitrogen and oxygen atoms in total. The Labute approximate surface area is 943 Å². The first-order valence-electron chi connectivity index (χ1n) is 68.9. The summed E-state index contributed by atoms with van der Waals surface area (Å²) in [4.78, 5) is 0. The number of rotatable bonds is 26. The lowest BCUT2D eigenvalue weighted by Crippen LogP contribution is -2.39. The summed E-state index contributed by atoms with van der Waals surface area (Å²) < 4.78 is 0. The van der Waals surface area contributed by atoms with Gasteiger partial charge in [0.1, 0.15) is 0 Å². The van der Waals surface area contributed by atoms with Gasteiger partial charge >= 0.3 is 0 Å². The number of hydrogen-bond donors (Lipinski definition) is 0. The van der Waals surface area contributed by atoms with Crippen LogP contribution in [0.3, 0.4) is 0 Å². The van der Waals surface area contributed by atoms with E-state index in [4.69, 9.17) is 0 Å². The van der Waals surface area contributed by atoms with Crippen molar-refractivity contribution in [2.75, 3.05) is 0 Å². The smallest absolute Gasteiger partial charge is 0.0251 e. The summed E-state index contributed by atoms with van der Waals surface area (Å²) >= 11 is 0. The lowest BCUT2D eigenvalue weighted by atomic mass is 9.56. The lowest BCUT2D eigenvalue weighted by Gasteiger charge is -2.49. The first kappa shape index (κ1) is 146. The molecule has 0 aromatic rings. The Bertz CT molecular complexity index is 2900. The van der Waals surface area contributed by atoms with E-state index in [0.29, 0.717) is 21.7 Å². The highest BCUT2D eigenvalue weighted by Gasteiger charge is 2.49. The summed E-state index contributed by atoms with van der Waals surface area (Å²) in [6.07, 6.45) is 73.9. The predicted octanol–water partition coefficient (Wildman–Crippen LogP) is 51.1. The second-order valence-electron chi connectivity index (χ2n) is 63.6. The molecule has 0 radical (unpaired) electrons. The summed E-state index contributed by atoms with van der Waals surface area (Å²) in [5.41, 5.74) is 4.16. The molecule has 0 spiro atoms. The first-order valence-corrected chi connectivity index (χ1v) is 68.9. The molecule has 13 fully saturated rings. The first-order chi connectivity index (χ1) is 68.9. The molecular formula is C148H296. The van der Waals surface area contributed by atoms with E-state index in [1.807, 2.05) is 0 Å². The molecule has 0 aromatic heterocycles. The van der Waals surface area contributed by atoms with Gasteiger partial charge in [-0.15, -0.1) is 0 Å². The van der Waals surface area contributed by atoms with Crippen molar-refractivity contribution < 1.29 is 0 Å². The lowest BCUT2D eigenvalue weighted by molar-refractivity contribution is 0.0135. The minimum absolute atomic E-state index is 0.653. The molecule has 0 aromatic carbocycles. The minimum Gasteiger partial charge on any atom is -0.0625 e. The summed E-state index contributed by atoms with van der Waals surface area (Å²) in [7, 11) is 0. The van der Waals surface area contributed by atoms with Gasteiger partial charge in [-0.1, -0.05) is 521 Å². The molecule has 888 valence electrons. The van der Waals surface area contributed by atoms with Crippen LogP contribution in [0.1, 0.15) is 681 Å². The van der Waals surface area contributed by atoms with Crippen molar-refractivity contribution in [2.24, 2.45) is 269 Å². The average Bonchev–Trinajstić information content (AvgIpc) is 1.71. The molecule has 0 amide bonds. The van der Waals surface area contributed by atoms with Crippen LogP contribution in [0.2, 0.25) is 0 Å². The van der Waals surface area contributed by atoms with Crippen LogP contribution in [0, 0.1) is 269 Å². The molecule has 13 saturated carbocycles. The monoisotopic (exact) mass is 2070 g/mol. The van der Waals surface area contributed by atoms with Gasteiger partial charge in [0.25, 0.3) is 0 Å². The van der Waals surface area contributed by atoms with Crippen molar-refractivity contribution in [3.63, 3.8) is 0 Å². The van der Waals surface area contributed by atoms with Crippen LogP contribution in [0.15, 0.2) is 0 Å². The van der Waals surface area contributed by atoms with Gasteiger partial charge in [-0.05, 0) is 430 Å². The third kappa shape index (κ3) is 48.3. The highest BCUT2D eigenvalue weighted by Crippen LogP contribution is 2.59. The zero-order valence-corrected chi connectivity index (χ0v) is 113. The van der Waals surface area contributed by atoms with Crippen LogP contribution in [-0.4, -0.2) is 0 Å². The third-order valence-corrected chi connectivity index (χ3v) is 47.2. The predicted molar refractivity (Wildman–Crippen MR) is 680 cm³/mol. The third-order valence-electron chi connectivity index (χ3n) is 47.2. The SMILES string of the molecule is CC(C)C1(C(C)C)CC1.CC(C)C1(C(C)C)CCC1.CC(C)C1(C(C)C)CCCC1.CC(C)C1(C(C)C)CCCCC1.CC(C)C1(C(C)C)CCCCCC1.CC(C)C1(C(C)C)CCCCCCC1.CC(C)C1CC(C(C)C)C1.CC(C)C1CC1C(C)C.CC(C)C1CCC1C(C)C.CC(C)C1CCCC1C(C)C.CC(C)C1CCCCC1C(C)C.CC(C)C1CCCCCC1C(C)C.CC(C)C1CCCCCCC1C(C)C. The van der Waals surface area contributed by atoms with E-state index in [-0.39, 0.29) is 0 Å². The van der Waals surface area contributed by atoms with E-state index >= 15 is 0 Å². The van der Waals surface area contributed by atoms with Crippen molar-refractivity contribution in [3.8, 4) is 0 Å². The Morgan fingerprint density at radius 3 is 0.351 bits per heavy atom. The minimum atomic E-state index is 0.653. The molecule has 13 rings (SSSR count). The fourth-order valence-electron chi connectivity index (χ4n) is 34.4. The normalized spacial score (nSPS) is 28.0. The van der Waals surface area contributed by atoms with Crippen LogP contribution in [0.5, 0.6) is 0 Å². The maximum atomic E-state index is 2.43. The topological polar surface area (TPSA) is 0 Å². The van der Waals surface area contributed by atoms with E-state index in [9.17, 15) is 0 Å². The largest absolute Gasteiger partial charge is 0.0625 e. The second kappa shape index (κ2) is 73.8. The van der Waals surface area contributed by atoms with Gasteiger partial charge in [-0.3, -0.25) is 0 Å². The van der Waals surface area contributed by atoms with Gasteiger partial charge in [0.15, 0.2) is 0 Å². The summed E-state index contributed by atoms with van der Waals surface area (Å²) in [6, 6.07) is 0. The summed E-state index contributed by atoms with van der Waals surface area (Å²) in [5, 5.41) is 0. The molecular weight excluding hydrogens is 1780 g/mol. The maximum Gasteiger partial charge on any atom is -0.0251 e. The van der Waals surface area contributed by atoms with E-state index in [2.05, 4.69) is 360 Å². The Morgan fingerprint density at radius 2 is 0.223 bits per heavy atom. The van der Waals surface area contributed by atoms with Crippen LogP contribution in [0.25, 0.3) is 0 Å². The molecule has 0 heteroatoms. The summed E-state index contributed by atoms with van der Waals surface area (Å²) in [5.74, 6) is 37.6. The fourth-order valence-corrected chi connectivity index (χ4v) is 34.4. The Balaban J connectivity index is 0.000000803. The van der Waals surface area contributed by atoms with Crippen molar-refractivity contribution in [3.05, 3.63) is 0 Å². The zero-order valence-electron chi connectivity index (χ0n) is 113. The highest BCUT2D eigenvalue weighted by atomic mass is 14.5. The van der Waals surface area contributed by atoms with Gasteiger partial charge in [0, 0.05) is 0 Å². The van der Waals surface area contributed by atoms with E-state index < -0.39 is 0 Å². The zero-order chi connectivity index (χ0) is 113.